The number of rotatable bonds is 4. The number of carbonyl (C=O) groups is 1. The van der Waals surface area contributed by atoms with Gasteiger partial charge in [-0.15, -0.1) is 0 Å². The summed E-state index contributed by atoms with van der Waals surface area (Å²) in [5, 5.41) is 9.60. The second-order valence-electron chi connectivity index (χ2n) is 6.20. The number of carbonyl (C=O) groups excluding carboxylic acids is 1. The highest BCUT2D eigenvalue weighted by molar-refractivity contribution is 7.89. The third-order valence-corrected chi connectivity index (χ3v) is 5.68. The summed E-state index contributed by atoms with van der Waals surface area (Å²) < 4.78 is 103. The van der Waals surface area contributed by atoms with Crippen LogP contribution in [0.3, 0.4) is 0 Å². The Morgan fingerprint density at radius 3 is 1.83 bits per heavy atom. The Balaban J connectivity index is 2.53. The molecule has 6 nitrogen and oxygen atoms in total. The van der Waals surface area contributed by atoms with Crippen LogP contribution in [-0.2, 0) is 22.4 Å². The zero-order chi connectivity index (χ0) is 23.1. The van der Waals surface area contributed by atoms with Crippen LogP contribution in [0.5, 0.6) is 0 Å². The van der Waals surface area contributed by atoms with E-state index in [0.717, 1.165) is 28.6 Å². The van der Waals surface area contributed by atoms with Gasteiger partial charge in [0, 0.05) is 19.7 Å². The lowest BCUT2D eigenvalue weighted by Crippen LogP contribution is -2.28. The van der Waals surface area contributed by atoms with Gasteiger partial charge in [0.05, 0.1) is 21.7 Å². The summed E-state index contributed by atoms with van der Waals surface area (Å²) in [7, 11) is -1.57. The van der Waals surface area contributed by atoms with E-state index < -0.39 is 55.7 Å². The van der Waals surface area contributed by atoms with Crippen LogP contribution >= 0.6 is 0 Å². The van der Waals surface area contributed by atoms with Crippen molar-refractivity contribution in [1.82, 2.24) is 4.31 Å². The summed E-state index contributed by atoms with van der Waals surface area (Å²) in [4.78, 5) is 12.1. The van der Waals surface area contributed by atoms with Crippen molar-refractivity contribution in [2.24, 2.45) is 0 Å². The first-order chi connectivity index (χ1) is 13.5. The molecule has 2 aromatic rings. The molecule has 0 aliphatic heterocycles. The molecule has 0 heterocycles. The van der Waals surface area contributed by atoms with E-state index in [1.54, 1.807) is 0 Å². The molecule has 0 aliphatic carbocycles. The van der Waals surface area contributed by atoms with Crippen LogP contribution in [0.4, 0.5) is 32.0 Å². The molecule has 164 valence electrons. The molecule has 0 saturated carbocycles. The number of benzene rings is 2. The number of sulfonamides is 1. The van der Waals surface area contributed by atoms with Crippen molar-refractivity contribution in [2.45, 2.75) is 17.2 Å². The van der Waals surface area contributed by atoms with E-state index in [-0.39, 0.29) is 23.1 Å². The van der Waals surface area contributed by atoms with Crippen LogP contribution in [-0.4, -0.2) is 37.9 Å². The number of hydrogen-bond acceptors (Lipinski definition) is 4. The van der Waals surface area contributed by atoms with E-state index in [9.17, 15) is 44.8 Å². The Morgan fingerprint density at radius 2 is 1.40 bits per heavy atom. The second-order valence-corrected chi connectivity index (χ2v) is 8.35. The van der Waals surface area contributed by atoms with Crippen LogP contribution < -0.4 is 5.06 Å². The van der Waals surface area contributed by atoms with Gasteiger partial charge >= 0.3 is 12.4 Å². The molecule has 30 heavy (non-hydrogen) atoms. The fourth-order valence-corrected chi connectivity index (χ4v) is 3.25. The van der Waals surface area contributed by atoms with Gasteiger partial charge < -0.3 is 0 Å². The maximum atomic E-state index is 13.0. The molecule has 2 aromatic carbocycles. The largest absolute Gasteiger partial charge is 0.416 e. The van der Waals surface area contributed by atoms with E-state index in [4.69, 9.17) is 0 Å². The average Bonchev–Trinajstić information content (AvgIpc) is 2.65. The Morgan fingerprint density at radius 1 is 0.900 bits per heavy atom. The Kier molecular flexibility index (Phi) is 6.21. The molecule has 0 aliphatic rings. The highest BCUT2D eigenvalue weighted by Crippen LogP contribution is 2.38. The first-order valence-electron chi connectivity index (χ1n) is 7.90. The minimum absolute atomic E-state index is 0.160. The second kappa shape index (κ2) is 7.89. The van der Waals surface area contributed by atoms with Crippen molar-refractivity contribution in [3.05, 3.63) is 59.2 Å². The van der Waals surface area contributed by atoms with E-state index in [1.807, 2.05) is 0 Å². The summed E-state index contributed by atoms with van der Waals surface area (Å²) in [5.41, 5.74) is -5.04. The molecule has 0 spiro atoms. The number of amides is 1. The van der Waals surface area contributed by atoms with Crippen LogP contribution in [0.1, 0.15) is 21.5 Å². The van der Waals surface area contributed by atoms with Crippen molar-refractivity contribution in [2.75, 3.05) is 19.2 Å². The summed E-state index contributed by atoms with van der Waals surface area (Å²) in [5.74, 6) is -1.43. The topological polar surface area (TPSA) is 77.9 Å². The predicted octanol–water partition coefficient (Wildman–Crippen LogP) is 4.01. The maximum Gasteiger partial charge on any atom is 0.416 e. The van der Waals surface area contributed by atoms with Crippen molar-refractivity contribution in [1.29, 1.82) is 0 Å². The van der Waals surface area contributed by atoms with Crippen LogP contribution in [0.2, 0.25) is 0 Å². The summed E-state index contributed by atoms with van der Waals surface area (Å²) in [6.07, 6.45) is -10.4. The fraction of sp³-hybridized carbons (Fsp3) is 0.235. The maximum absolute atomic E-state index is 13.0. The number of nitrogens with zero attached hydrogens (tertiary/aromatic N) is 2. The molecule has 0 radical (unpaired) electrons. The van der Waals surface area contributed by atoms with Gasteiger partial charge in [0.25, 0.3) is 5.91 Å². The fourth-order valence-electron chi connectivity index (χ4n) is 2.30. The number of halogens is 6. The van der Waals surface area contributed by atoms with E-state index >= 15 is 0 Å². The molecular weight excluding hydrogens is 442 g/mol. The standard InChI is InChI=1S/C17H14F6N2O4S/c1-24(2)30(28,29)14-5-3-4-10(6-14)15(26)25(27)13-8-11(16(18,19)20)7-12(9-13)17(21,22)23/h3-9,27H,1-2H3. The van der Waals surface area contributed by atoms with E-state index in [1.165, 1.54) is 14.1 Å². The van der Waals surface area contributed by atoms with Gasteiger partial charge in [-0.3, -0.25) is 10.0 Å². The molecule has 2 rings (SSSR count). The molecule has 0 fully saturated rings. The lowest BCUT2D eigenvalue weighted by atomic mass is 10.1. The molecule has 0 aromatic heterocycles. The molecular formula is C17H14F6N2O4S. The quantitative estimate of drug-likeness (QED) is 0.429. The monoisotopic (exact) mass is 456 g/mol. The normalized spacial score (nSPS) is 12.9. The van der Waals surface area contributed by atoms with Gasteiger partial charge in [0.1, 0.15) is 0 Å². The molecule has 0 saturated heterocycles. The number of hydrogen-bond donors (Lipinski definition) is 1. The molecule has 13 heteroatoms. The summed E-state index contributed by atoms with van der Waals surface area (Å²) in [6.45, 7) is 0. The highest BCUT2D eigenvalue weighted by atomic mass is 32.2. The Labute approximate surface area is 166 Å². The summed E-state index contributed by atoms with van der Waals surface area (Å²) in [6, 6.07) is 4.29. The number of hydroxylamine groups is 1. The zero-order valence-corrected chi connectivity index (χ0v) is 16.1. The third-order valence-electron chi connectivity index (χ3n) is 3.87. The van der Waals surface area contributed by atoms with Gasteiger partial charge in [0.15, 0.2) is 0 Å². The van der Waals surface area contributed by atoms with Gasteiger partial charge in [-0.25, -0.2) is 12.7 Å². The molecule has 0 bridgehead atoms. The average molecular weight is 456 g/mol. The Hall–Kier alpha value is -2.64. The molecule has 1 amide bonds. The SMILES string of the molecule is CN(C)S(=O)(=O)c1cccc(C(=O)N(O)c2cc(C(F)(F)F)cc(C(F)(F)F)c2)c1. The minimum Gasteiger partial charge on any atom is -0.281 e. The van der Waals surface area contributed by atoms with Crippen molar-refractivity contribution in [3.63, 3.8) is 0 Å². The van der Waals surface area contributed by atoms with Crippen LogP contribution in [0.15, 0.2) is 47.4 Å². The van der Waals surface area contributed by atoms with Gasteiger partial charge in [-0.2, -0.15) is 31.4 Å². The van der Waals surface area contributed by atoms with E-state index in [2.05, 4.69) is 0 Å². The molecule has 1 N–H and O–H groups in total. The zero-order valence-electron chi connectivity index (χ0n) is 15.3. The predicted molar refractivity (Wildman–Crippen MR) is 92.4 cm³/mol. The van der Waals surface area contributed by atoms with Gasteiger partial charge in [-0.05, 0) is 36.4 Å². The van der Waals surface area contributed by atoms with Crippen molar-refractivity contribution < 1.29 is 44.8 Å². The van der Waals surface area contributed by atoms with Crippen LogP contribution in [0.25, 0.3) is 0 Å². The molecule has 0 unspecified atom stereocenters. The third kappa shape index (κ3) is 4.91. The summed E-state index contributed by atoms with van der Waals surface area (Å²) >= 11 is 0. The number of anilines is 1. The van der Waals surface area contributed by atoms with Crippen molar-refractivity contribution >= 4 is 21.6 Å². The van der Waals surface area contributed by atoms with Crippen LogP contribution in [0, 0.1) is 0 Å². The Bertz CT molecular complexity index is 1030. The van der Waals surface area contributed by atoms with Gasteiger partial charge in [-0.1, -0.05) is 6.07 Å². The lowest BCUT2D eigenvalue weighted by Gasteiger charge is -2.20. The smallest absolute Gasteiger partial charge is 0.281 e. The first kappa shape index (κ1) is 23.6. The number of alkyl halides is 6. The lowest BCUT2D eigenvalue weighted by molar-refractivity contribution is -0.143. The first-order valence-corrected chi connectivity index (χ1v) is 9.34. The molecule has 0 atom stereocenters. The minimum atomic E-state index is -5.18. The van der Waals surface area contributed by atoms with Gasteiger partial charge in [0.2, 0.25) is 10.0 Å². The van der Waals surface area contributed by atoms with E-state index in [0.29, 0.717) is 0 Å². The highest BCUT2D eigenvalue weighted by Gasteiger charge is 2.38. The van der Waals surface area contributed by atoms with Crippen molar-refractivity contribution in [3.8, 4) is 0 Å².